The molecule has 6 heteroatoms. The molecule has 0 unspecified atom stereocenters. The normalized spacial score (nSPS) is 10.7. The molecule has 0 bridgehead atoms. The van der Waals surface area contributed by atoms with E-state index in [2.05, 4.69) is 51.2 Å². The van der Waals surface area contributed by atoms with Gasteiger partial charge >= 0.3 is 0 Å². The van der Waals surface area contributed by atoms with Gasteiger partial charge in [0.2, 0.25) is 5.95 Å². The van der Waals surface area contributed by atoms with Crippen LogP contribution in [0.1, 0.15) is 37.1 Å². The Morgan fingerprint density at radius 1 is 1.00 bits per heavy atom. The smallest absolute Gasteiger partial charge is 0.225 e. The van der Waals surface area contributed by atoms with Gasteiger partial charge in [-0.1, -0.05) is 26.0 Å². The number of ether oxygens (including phenoxy) is 1. The Bertz CT molecular complexity index is 788. The zero-order chi connectivity index (χ0) is 18.9. The van der Waals surface area contributed by atoms with Crippen LogP contribution in [0.5, 0.6) is 5.75 Å². The van der Waals surface area contributed by atoms with Crippen molar-refractivity contribution in [3.8, 4) is 5.75 Å². The molecule has 0 atom stereocenters. The minimum absolute atomic E-state index is 0.747. The summed E-state index contributed by atoms with van der Waals surface area (Å²) in [5, 5.41) is 2.10. The fourth-order valence-corrected chi connectivity index (χ4v) is 3.28. The summed E-state index contributed by atoms with van der Waals surface area (Å²) >= 11 is 1.63. The summed E-state index contributed by atoms with van der Waals surface area (Å²) in [7, 11) is 0. The van der Waals surface area contributed by atoms with Crippen molar-refractivity contribution >= 4 is 17.3 Å². The van der Waals surface area contributed by atoms with Crippen LogP contribution in [0.2, 0.25) is 0 Å². The monoisotopic (exact) mass is 382 g/mol. The molecule has 1 aromatic carbocycles. The van der Waals surface area contributed by atoms with Crippen molar-refractivity contribution in [1.82, 2.24) is 15.0 Å². The first-order chi connectivity index (χ1) is 13.3. The lowest BCUT2D eigenvalue weighted by Crippen LogP contribution is -2.27. The van der Waals surface area contributed by atoms with Gasteiger partial charge in [-0.15, -0.1) is 11.3 Å². The molecule has 0 aliphatic carbocycles. The quantitative estimate of drug-likeness (QED) is 0.515. The van der Waals surface area contributed by atoms with E-state index < -0.39 is 0 Å². The van der Waals surface area contributed by atoms with Crippen LogP contribution >= 0.6 is 11.3 Å². The van der Waals surface area contributed by atoms with E-state index in [9.17, 15) is 0 Å². The molecular weight excluding hydrogens is 356 g/mol. The maximum Gasteiger partial charge on any atom is 0.225 e. The third-order valence-electron chi connectivity index (χ3n) is 4.27. The van der Waals surface area contributed by atoms with Crippen LogP contribution in [0.15, 0.2) is 47.5 Å². The average molecular weight is 383 g/mol. The lowest BCUT2D eigenvalue weighted by Gasteiger charge is -2.22. The minimum atomic E-state index is 0.747. The molecule has 0 amide bonds. The predicted molar refractivity (Wildman–Crippen MR) is 111 cm³/mol. The van der Waals surface area contributed by atoms with E-state index in [0.29, 0.717) is 0 Å². The van der Waals surface area contributed by atoms with E-state index in [-0.39, 0.29) is 0 Å². The summed E-state index contributed by atoms with van der Waals surface area (Å²) in [5.74, 6) is 1.67. The molecule has 3 rings (SSSR count). The maximum absolute atomic E-state index is 5.68. The maximum atomic E-state index is 5.68. The molecule has 5 nitrogen and oxygen atoms in total. The number of nitrogens with zero attached hydrogens (tertiary/aromatic N) is 4. The van der Waals surface area contributed by atoms with Gasteiger partial charge in [0.1, 0.15) is 5.75 Å². The van der Waals surface area contributed by atoms with E-state index in [0.717, 1.165) is 61.9 Å². The first-order valence-electron chi connectivity index (χ1n) is 9.43. The number of thiazole rings is 1. The van der Waals surface area contributed by atoms with Crippen molar-refractivity contribution in [1.29, 1.82) is 0 Å². The lowest BCUT2D eigenvalue weighted by atomic mass is 10.2. The van der Waals surface area contributed by atoms with Crippen molar-refractivity contribution in [3.05, 3.63) is 64.4 Å². The Kier molecular flexibility index (Phi) is 7.16. The van der Waals surface area contributed by atoms with Gasteiger partial charge in [0.25, 0.3) is 0 Å². The number of hydrogen-bond acceptors (Lipinski definition) is 6. The number of benzene rings is 1. The second-order valence-corrected chi connectivity index (χ2v) is 7.11. The van der Waals surface area contributed by atoms with Crippen LogP contribution in [-0.2, 0) is 19.4 Å². The first-order valence-corrected chi connectivity index (χ1v) is 10.4. The van der Waals surface area contributed by atoms with Crippen molar-refractivity contribution in [2.45, 2.75) is 39.7 Å². The summed E-state index contributed by atoms with van der Waals surface area (Å²) in [6, 6.07) is 8.29. The molecule has 0 saturated heterocycles. The van der Waals surface area contributed by atoms with Gasteiger partial charge < -0.3 is 9.64 Å². The summed E-state index contributed by atoms with van der Waals surface area (Å²) in [6.45, 7) is 6.54. The third-order valence-corrected chi connectivity index (χ3v) is 4.91. The fourth-order valence-electron chi connectivity index (χ4n) is 2.69. The molecule has 142 valence electrons. The average Bonchev–Trinajstić information content (AvgIpc) is 3.24. The molecular formula is C21H26N4OS. The SMILES string of the molecule is CCCOc1ccc(CN(CCc2cscn2)c2ncc(CC)cn2)cc1. The molecule has 0 N–H and O–H groups in total. The Hall–Kier alpha value is -2.47. The summed E-state index contributed by atoms with van der Waals surface area (Å²) < 4.78 is 5.68. The number of aryl methyl sites for hydroxylation is 1. The number of aromatic nitrogens is 3. The topological polar surface area (TPSA) is 51.1 Å². The zero-order valence-corrected chi connectivity index (χ0v) is 16.8. The first kappa shape index (κ1) is 19.3. The van der Waals surface area contributed by atoms with Crippen LogP contribution in [0.25, 0.3) is 0 Å². The highest BCUT2D eigenvalue weighted by Crippen LogP contribution is 2.17. The van der Waals surface area contributed by atoms with Crippen LogP contribution in [0.4, 0.5) is 5.95 Å². The largest absolute Gasteiger partial charge is 0.494 e. The number of rotatable bonds is 10. The van der Waals surface area contributed by atoms with Crippen molar-refractivity contribution < 1.29 is 4.74 Å². The Morgan fingerprint density at radius 3 is 2.41 bits per heavy atom. The van der Waals surface area contributed by atoms with E-state index >= 15 is 0 Å². The summed E-state index contributed by atoms with van der Waals surface area (Å²) in [6.07, 6.45) is 6.66. The van der Waals surface area contributed by atoms with E-state index in [4.69, 9.17) is 4.74 Å². The van der Waals surface area contributed by atoms with Gasteiger partial charge in [0, 0.05) is 37.3 Å². The molecule has 2 aromatic heterocycles. The molecule has 27 heavy (non-hydrogen) atoms. The Balaban J connectivity index is 1.71. The summed E-state index contributed by atoms with van der Waals surface area (Å²) in [5.41, 5.74) is 5.34. The van der Waals surface area contributed by atoms with Crippen LogP contribution in [-0.4, -0.2) is 28.1 Å². The Morgan fingerprint density at radius 2 is 1.78 bits per heavy atom. The standard InChI is InChI=1S/C21H26N4OS/c1-3-11-26-20-7-5-18(6-8-20)14-25(10-9-19-15-27-16-24-19)21-22-12-17(4-2)13-23-21/h5-8,12-13,15-16H,3-4,9-11,14H2,1-2H3. The molecule has 2 heterocycles. The Labute approximate surface area is 165 Å². The van der Waals surface area contributed by atoms with Crippen LogP contribution in [0, 0.1) is 0 Å². The van der Waals surface area contributed by atoms with Crippen LogP contribution in [0.3, 0.4) is 0 Å². The fraction of sp³-hybridized carbons (Fsp3) is 0.381. The van der Waals surface area contributed by atoms with Gasteiger partial charge in [-0.3, -0.25) is 0 Å². The molecule has 0 radical (unpaired) electrons. The predicted octanol–water partition coefficient (Wildman–Crippen LogP) is 4.53. The van der Waals surface area contributed by atoms with Gasteiger partial charge in [-0.2, -0.15) is 0 Å². The van der Waals surface area contributed by atoms with Gasteiger partial charge in [-0.25, -0.2) is 15.0 Å². The van der Waals surface area contributed by atoms with Crippen molar-refractivity contribution in [3.63, 3.8) is 0 Å². The second kappa shape index (κ2) is 10.0. The van der Waals surface area contributed by atoms with E-state index in [1.165, 1.54) is 5.56 Å². The van der Waals surface area contributed by atoms with E-state index in [1.54, 1.807) is 11.3 Å². The molecule has 0 aliphatic heterocycles. The summed E-state index contributed by atoms with van der Waals surface area (Å²) in [4.78, 5) is 15.8. The molecule has 0 spiro atoms. The highest BCUT2D eigenvalue weighted by Gasteiger charge is 2.12. The number of hydrogen-bond donors (Lipinski definition) is 0. The number of anilines is 1. The van der Waals surface area contributed by atoms with Gasteiger partial charge in [0.15, 0.2) is 0 Å². The molecule has 0 aliphatic rings. The van der Waals surface area contributed by atoms with Gasteiger partial charge in [-0.05, 0) is 36.1 Å². The van der Waals surface area contributed by atoms with Crippen LogP contribution < -0.4 is 9.64 Å². The third kappa shape index (κ3) is 5.76. The lowest BCUT2D eigenvalue weighted by molar-refractivity contribution is 0.317. The van der Waals surface area contributed by atoms with E-state index in [1.807, 2.05) is 30.0 Å². The van der Waals surface area contributed by atoms with Crippen molar-refractivity contribution in [2.24, 2.45) is 0 Å². The minimum Gasteiger partial charge on any atom is -0.494 e. The molecule has 0 fully saturated rings. The zero-order valence-electron chi connectivity index (χ0n) is 16.0. The van der Waals surface area contributed by atoms with Gasteiger partial charge in [0.05, 0.1) is 17.8 Å². The molecule has 0 saturated carbocycles. The van der Waals surface area contributed by atoms with Crippen molar-refractivity contribution in [2.75, 3.05) is 18.1 Å². The highest BCUT2D eigenvalue weighted by atomic mass is 32.1. The molecule has 3 aromatic rings. The highest BCUT2D eigenvalue weighted by molar-refractivity contribution is 7.07. The second-order valence-electron chi connectivity index (χ2n) is 6.39.